The van der Waals surface area contributed by atoms with Crippen LogP contribution in [0.15, 0.2) is 48.5 Å². The highest BCUT2D eigenvalue weighted by Gasteiger charge is 2.26. The number of hydrogen-bond acceptors (Lipinski definition) is 2. The van der Waals surface area contributed by atoms with Crippen LogP contribution >= 0.6 is 11.6 Å². The van der Waals surface area contributed by atoms with E-state index >= 15 is 0 Å². The molecular formula is C17H18ClN3. The minimum atomic E-state index is -0.562. The van der Waals surface area contributed by atoms with E-state index in [1.807, 2.05) is 56.4 Å². The van der Waals surface area contributed by atoms with Gasteiger partial charge in [-0.25, -0.2) is 4.98 Å². The fourth-order valence-corrected chi connectivity index (χ4v) is 3.05. The lowest BCUT2D eigenvalue weighted by Gasteiger charge is -2.26. The lowest BCUT2D eigenvalue weighted by molar-refractivity contribution is 0.472. The molecule has 0 spiro atoms. The number of para-hydroxylation sites is 2. The number of aryl methyl sites for hydroxylation is 1. The van der Waals surface area contributed by atoms with Crippen molar-refractivity contribution in [2.45, 2.75) is 18.9 Å². The molecule has 0 aliphatic carbocycles. The highest BCUT2D eigenvalue weighted by Crippen LogP contribution is 2.29. The number of fused-ring (bicyclic) bond motifs is 1. The van der Waals surface area contributed by atoms with Crippen molar-refractivity contribution in [3.05, 3.63) is 64.9 Å². The van der Waals surface area contributed by atoms with Crippen molar-refractivity contribution in [2.24, 2.45) is 12.8 Å². The van der Waals surface area contributed by atoms with Crippen molar-refractivity contribution >= 4 is 22.6 Å². The number of hydrogen-bond donors (Lipinski definition) is 1. The smallest absolute Gasteiger partial charge is 0.111 e. The third kappa shape index (κ3) is 2.55. The molecular weight excluding hydrogens is 282 g/mol. The molecule has 0 aliphatic rings. The molecule has 1 atom stereocenters. The predicted molar refractivity (Wildman–Crippen MR) is 87.4 cm³/mol. The molecule has 1 unspecified atom stereocenters. The monoisotopic (exact) mass is 299 g/mol. The third-order valence-corrected chi connectivity index (χ3v) is 4.22. The van der Waals surface area contributed by atoms with Gasteiger partial charge in [-0.1, -0.05) is 41.9 Å². The molecule has 4 heteroatoms. The zero-order chi connectivity index (χ0) is 15.0. The van der Waals surface area contributed by atoms with Crippen LogP contribution in [-0.4, -0.2) is 9.55 Å². The number of nitrogens with zero attached hydrogens (tertiary/aromatic N) is 2. The van der Waals surface area contributed by atoms with Gasteiger partial charge in [-0.2, -0.15) is 0 Å². The molecule has 108 valence electrons. The first-order valence-corrected chi connectivity index (χ1v) is 7.31. The van der Waals surface area contributed by atoms with Crippen LogP contribution < -0.4 is 5.73 Å². The van der Waals surface area contributed by atoms with E-state index in [0.29, 0.717) is 11.4 Å². The maximum absolute atomic E-state index is 6.52. The molecule has 1 aromatic heterocycles. The Kier molecular flexibility index (Phi) is 3.47. The molecule has 0 saturated heterocycles. The second-order valence-electron chi connectivity index (χ2n) is 5.65. The maximum Gasteiger partial charge on any atom is 0.111 e. The largest absolute Gasteiger partial charge is 0.331 e. The molecule has 0 amide bonds. The van der Waals surface area contributed by atoms with Crippen molar-refractivity contribution in [1.29, 1.82) is 0 Å². The van der Waals surface area contributed by atoms with E-state index in [4.69, 9.17) is 22.3 Å². The highest BCUT2D eigenvalue weighted by atomic mass is 35.5. The highest BCUT2D eigenvalue weighted by molar-refractivity contribution is 6.31. The van der Waals surface area contributed by atoms with Gasteiger partial charge in [-0.05, 0) is 30.7 Å². The zero-order valence-electron chi connectivity index (χ0n) is 12.2. The van der Waals surface area contributed by atoms with E-state index in [0.717, 1.165) is 22.4 Å². The topological polar surface area (TPSA) is 43.8 Å². The van der Waals surface area contributed by atoms with Crippen LogP contribution in [0.4, 0.5) is 0 Å². The summed E-state index contributed by atoms with van der Waals surface area (Å²) in [5.41, 5.74) is 9.01. The van der Waals surface area contributed by atoms with Crippen molar-refractivity contribution in [3.8, 4) is 0 Å². The molecule has 3 rings (SSSR count). The number of benzene rings is 2. The Morgan fingerprint density at radius 3 is 2.52 bits per heavy atom. The molecule has 21 heavy (non-hydrogen) atoms. The fraction of sp³-hybridized carbons (Fsp3) is 0.235. The van der Waals surface area contributed by atoms with E-state index in [1.165, 1.54) is 0 Å². The minimum absolute atomic E-state index is 0.562. The van der Waals surface area contributed by atoms with Crippen LogP contribution in [-0.2, 0) is 19.0 Å². The first kappa shape index (κ1) is 14.1. The van der Waals surface area contributed by atoms with Gasteiger partial charge < -0.3 is 10.3 Å². The Morgan fingerprint density at radius 2 is 1.81 bits per heavy atom. The average Bonchev–Trinajstić information content (AvgIpc) is 2.76. The Labute approximate surface area is 129 Å². The van der Waals surface area contributed by atoms with Crippen molar-refractivity contribution < 1.29 is 0 Å². The standard InChI is InChI=1S/C17H18ClN3/c1-17(19,12-7-3-4-8-13(12)18)11-16-20-14-9-5-6-10-15(14)21(16)2/h3-10H,11,19H2,1-2H3. The molecule has 2 aromatic carbocycles. The van der Waals surface area contributed by atoms with Gasteiger partial charge in [0, 0.05) is 24.0 Å². The summed E-state index contributed by atoms with van der Waals surface area (Å²) in [4.78, 5) is 4.69. The molecule has 0 saturated carbocycles. The van der Waals surface area contributed by atoms with Crippen LogP contribution in [0, 0.1) is 0 Å². The number of imidazole rings is 1. The SMILES string of the molecule is Cn1c(CC(C)(N)c2ccccc2Cl)nc2ccccc21. The Hall–Kier alpha value is -1.84. The maximum atomic E-state index is 6.52. The molecule has 0 fully saturated rings. The van der Waals surface area contributed by atoms with Gasteiger partial charge in [0.15, 0.2) is 0 Å². The Morgan fingerprint density at radius 1 is 1.14 bits per heavy atom. The van der Waals surface area contributed by atoms with E-state index in [1.54, 1.807) is 0 Å². The molecule has 0 aliphatic heterocycles. The van der Waals surface area contributed by atoms with Crippen LogP contribution in [0.25, 0.3) is 11.0 Å². The summed E-state index contributed by atoms with van der Waals surface area (Å²) in [6, 6.07) is 15.8. The van der Waals surface area contributed by atoms with Crippen LogP contribution in [0.1, 0.15) is 18.3 Å². The lowest BCUT2D eigenvalue weighted by Crippen LogP contribution is -2.36. The van der Waals surface area contributed by atoms with E-state index < -0.39 is 5.54 Å². The van der Waals surface area contributed by atoms with Crippen molar-refractivity contribution in [1.82, 2.24) is 9.55 Å². The van der Waals surface area contributed by atoms with E-state index in [2.05, 4.69) is 10.6 Å². The summed E-state index contributed by atoms with van der Waals surface area (Å²) < 4.78 is 2.09. The predicted octanol–water partition coefficient (Wildman–Crippen LogP) is 3.64. The van der Waals surface area contributed by atoms with E-state index in [-0.39, 0.29) is 0 Å². The number of nitrogens with two attached hydrogens (primary N) is 1. The summed E-state index contributed by atoms with van der Waals surface area (Å²) in [6.07, 6.45) is 0.627. The summed E-state index contributed by atoms with van der Waals surface area (Å²) >= 11 is 6.29. The van der Waals surface area contributed by atoms with Gasteiger partial charge in [0.25, 0.3) is 0 Å². The molecule has 0 radical (unpaired) electrons. The molecule has 2 N–H and O–H groups in total. The minimum Gasteiger partial charge on any atom is -0.331 e. The van der Waals surface area contributed by atoms with Gasteiger partial charge in [0.2, 0.25) is 0 Å². The second-order valence-corrected chi connectivity index (χ2v) is 6.06. The second kappa shape index (κ2) is 5.17. The quantitative estimate of drug-likeness (QED) is 0.802. The van der Waals surface area contributed by atoms with Gasteiger partial charge in [-0.15, -0.1) is 0 Å². The van der Waals surface area contributed by atoms with Crippen LogP contribution in [0.5, 0.6) is 0 Å². The Balaban J connectivity index is 2.01. The first-order valence-electron chi connectivity index (χ1n) is 6.93. The first-order chi connectivity index (χ1) is 9.99. The Bertz CT molecular complexity index is 790. The summed E-state index contributed by atoms with van der Waals surface area (Å²) in [5.74, 6) is 0.959. The molecule has 0 bridgehead atoms. The number of halogens is 1. The average molecular weight is 300 g/mol. The molecule has 1 heterocycles. The fourth-order valence-electron chi connectivity index (χ4n) is 2.70. The van der Waals surface area contributed by atoms with Gasteiger partial charge in [0.1, 0.15) is 5.82 Å². The molecule has 3 aromatic rings. The van der Waals surface area contributed by atoms with Gasteiger partial charge in [-0.3, -0.25) is 0 Å². The number of rotatable bonds is 3. The van der Waals surface area contributed by atoms with E-state index in [9.17, 15) is 0 Å². The summed E-state index contributed by atoms with van der Waals surface area (Å²) in [6.45, 7) is 1.99. The summed E-state index contributed by atoms with van der Waals surface area (Å²) in [5, 5.41) is 0.696. The van der Waals surface area contributed by atoms with Crippen molar-refractivity contribution in [3.63, 3.8) is 0 Å². The molecule has 3 nitrogen and oxygen atoms in total. The van der Waals surface area contributed by atoms with Crippen molar-refractivity contribution in [2.75, 3.05) is 0 Å². The zero-order valence-corrected chi connectivity index (χ0v) is 12.9. The lowest BCUT2D eigenvalue weighted by atomic mass is 9.89. The van der Waals surface area contributed by atoms with Gasteiger partial charge in [0.05, 0.1) is 11.0 Å². The normalized spacial score (nSPS) is 14.3. The summed E-state index contributed by atoms with van der Waals surface area (Å²) in [7, 11) is 2.02. The third-order valence-electron chi connectivity index (χ3n) is 3.89. The van der Waals surface area contributed by atoms with Gasteiger partial charge >= 0.3 is 0 Å². The van der Waals surface area contributed by atoms with Crippen LogP contribution in [0.3, 0.4) is 0 Å². The number of aromatic nitrogens is 2. The van der Waals surface area contributed by atoms with Crippen LogP contribution in [0.2, 0.25) is 5.02 Å².